The maximum absolute atomic E-state index is 12.0. The highest BCUT2D eigenvalue weighted by Gasteiger charge is 2.15. The topological polar surface area (TPSA) is 79.8 Å². The van der Waals surface area contributed by atoms with Gasteiger partial charge in [0.05, 0.1) is 6.42 Å². The number of rotatable bonds is 5. The molecule has 0 unspecified atom stereocenters. The molecule has 2 amide bonds. The average molecular weight is 333 g/mol. The molecule has 0 radical (unpaired) electrons. The van der Waals surface area contributed by atoms with Crippen LogP contribution in [-0.2, 0) is 9.53 Å². The Morgan fingerprint density at radius 1 is 1.17 bits per heavy atom. The molecular weight excluding hydrogens is 306 g/mol. The second kappa shape index (κ2) is 8.47. The lowest BCUT2D eigenvalue weighted by Crippen LogP contribution is -2.30. The summed E-state index contributed by atoms with van der Waals surface area (Å²) in [5.74, 6) is 0.252. The Kier molecular flexibility index (Phi) is 6.95. The van der Waals surface area contributed by atoms with E-state index < -0.39 is 11.7 Å². The Balaban J connectivity index is 2.48. The lowest BCUT2D eigenvalue weighted by molar-refractivity contribution is -0.115. The van der Waals surface area contributed by atoms with Crippen LogP contribution in [0.5, 0.6) is 0 Å². The third kappa shape index (κ3) is 7.76. The van der Waals surface area contributed by atoms with Crippen molar-refractivity contribution in [2.45, 2.75) is 59.5 Å². The molecule has 0 bridgehead atoms. The van der Waals surface area contributed by atoms with Gasteiger partial charge in [-0.05, 0) is 51.3 Å². The Bertz CT molecular complexity index is 599. The summed E-state index contributed by atoms with van der Waals surface area (Å²) in [6.45, 7) is 11.2. The van der Waals surface area contributed by atoms with Crippen LogP contribution in [0.4, 0.5) is 10.5 Å². The highest BCUT2D eigenvalue weighted by molar-refractivity contribution is 6.05. The number of carbonyl (C=O) groups excluding carboxylic acids is 2. The summed E-state index contributed by atoms with van der Waals surface area (Å²) >= 11 is 0. The van der Waals surface area contributed by atoms with Gasteiger partial charge >= 0.3 is 6.09 Å². The minimum absolute atomic E-state index is 0.0850. The molecule has 1 rings (SSSR count). The van der Waals surface area contributed by atoms with E-state index in [4.69, 9.17) is 4.74 Å². The van der Waals surface area contributed by atoms with Crippen molar-refractivity contribution in [1.29, 1.82) is 0 Å². The number of amides is 2. The number of anilines is 1. The van der Waals surface area contributed by atoms with Crippen LogP contribution < -0.4 is 10.7 Å². The van der Waals surface area contributed by atoms with Crippen molar-refractivity contribution in [1.82, 2.24) is 5.43 Å². The number of nitrogens with one attached hydrogen (secondary N) is 2. The molecule has 0 spiro atoms. The molecular formula is C18H27N3O3. The molecule has 0 aromatic heterocycles. The number of carbonyl (C=O) groups is 2. The van der Waals surface area contributed by atoms with E-state index >= 15 is 0 Å². The molecule has 1 aromatic rings. The largest absolute Gasteiger partial charge is 0.443 e. The van der Waals surface area contributed by atoms with E-state index in [2.05, 4.69) is 29.7 Å². The summed E-state index contributed by atoms with van der Waals surface area (Å²) in [6.07, 6.45) is -0.562. The van der Waals surface area contributed by atoms with E-state index in [1.807, 2.05) is 24.3 Å². The molecule has 1 aromatic carbocycles. The van der Waals surface area contributed by atoms with Crippen LogP contribution in [0, 0.1) is 0 Å². The minimum Gasteiger partial charge on any atom is -0.443 e. The van der Waals surface area contributed by atoms with Gasteiger partial charge in [0.15, 0.2) is 0 Å². The first kappa shape index (κ1) is 19.7. The molecule has 0 saturated carbocycles. The smallest absolute Gasteiger partial charge is 0.428 e. The molecule has 0 saturated heterocycles. The van der Waals surface area contributed by atoms with Gasteiger partial charge in [-0.3, -0.25) is 4.79 Å². The number of hydrogen-bond donors (Lipinski definition) is 2. The zero-order valence-corrected chi connectivity index (χ0v) is 15.3. The van der Waals surface area contributed by atoms with E-state index in [-0.39, 0.29) is 12.3 Å². The zero-order valence-electron chi connectivity index (χ0n) is 15.3. The van der Waals surface area contributed by atoms with E-state index in [0.717, 1.165) is 5.69 Å². The van der Waals surface area contributed by atoms with E-state index in [0.29, 0.717) is 11.6 Å². The van der Waals surface area contributed by atoms with Crippen molar-refractivity contribution in [3.63, 3.8) is 0 Å². The van der Waals surface area contributed by atoms with E-state index in [9.17, 15) is 9.59 Å². The highest BCUT2D eigenvalue weighted by atomic mass is 16.6. The fraction of sp³-hybridized carbons (Fsp3) is 0.500. The van der Waals surface area contributed by atoms with E-state index in [1.165, 1.54) is 5.56 Å². The Labute approximate surface area is 143 Å². The predicted octanol–water partition coefficient (Wildman–Crippen LogP) is 4.04. The summed E-state index contributed by atoms with van der Waals surface area (Å²) in [5, 5.41) is 6.66. The second-order valence-corrected chi connectivity index (χ2v) is 6.96. The fourth-order valence-corrected chi connectivity index (χ4v) is 1.87. The molecule has 24 heavy (non-hydrogen) atoms. The van der Waals surface area contributed by atoms with Gasteiger partial charge in [-0.25, -0.2) is 10.2 Å². The van der Waals surface area contributed by atoms with Crippen LogP contribution in [0.25, 0.3) is 0 Å². The summed E-state index contributed by atoms with van der Waals surface area (Å²) in [4.78, 5) is 23.5. The predicted molar refractivity (Wildman–Crippen MR) is 96.3 cm³/mol. The first-order valence-electron chi connectivity index (χ1n) is 7.99. The SMILES string of the molecule is C/C(CC(=O)Nc1ccc(C(C)C)cc1)=N\NC(=O)OC(C)(C)C. The second-order valence-electron chi connectivity index (χ2n) is 6.96. The van der Waals surface area contributed by atoms with Crippen molar-refractivity contribution in [3.05, 3.63) is 29.8 Å². The maximum atomic E-state index is 12.0. The first-order valence-corrected chi connectivity index (χ1v) is 7.99. The third-order valence-corrected chi connectivity index (χ3v) is 3.01. The van der Waals surface area contributed by atoms with Crippen LogP contribution in [0.2, 0.25) is 0 Å². The van der Waals surface area contributed by atoms with Gasteiger partial charge < -0.3 is 10.1 Å². The summed E-state index contributed by atoms with van der Waals surface area (Å²) in [6, 6.07) is 7.73. The fourth-order valence-electron chi connectivity index (χ4n) is 1.87. The van der Waals surface area contributed by atoms with Crippen molar-refractivity contribution >= 4 is 23.4 Å². The van der Waals surface area contributed by atoms with Gasteiger partial charge in [0.1, 0.15) is 5.60 Å². The number of nitrogens with zero attached hydrogens (tertiary/aromatic N) is 1. The number of benzene rings is 1. The third-order valence-electron chi connectivity index (χ3n) is 3.01. The van der Waals surface area contributed by atoms with E-state index in [1.54, 1.807) is 27.7 Å². The summed E-state index contributed by atoms with van der Waals surface area (Å²) in [5.41, 5.74) is 4.12. The molecule has 0 aliphatic rings. The normalized spacial score (nSPS) is 12.0. The molecule has 6 heteroatoms. The zero-order chi connectivity index (χ0) is 18.3. The molecule has 2 N–H and O–H groups in total. The maximum Gasteiger partial charge on any atom is 0.428 e. The molecule has 0 atom stereocenters. The number of hydrogen-bond acceptors (Lipinski definition) is 4. The van der Waals surface area contributed by atoms with Crippen LogP contribution >= 0.6 is 0 Å². The average Bonchev–Trinajstić information content (AvgIpc) is 2.43. The molecule has 0 heterocycles. The number of ether oxygens (including phenoxy) is 1. The lowest BCUT2D eigenvalue weighted by Gasteiger charge is -2.18. The standard InChI is InChI=1S/C18H27N3O3/c1-12(2)14-7-9-15(10-8-14)19-16(22)11-13(3)20-21-17(23)24-18(4,5)6/h7-10,12H,11H2,1-6H3,(H,19,22)(H,21,23)/b20-13+. The minimum atomic E-state index is -0.647. The van der Waals surface area contributed by atoms with Crippen molar-refractivity contribution in [2.75, 3.05) is 5.32 Å². The van der Waals surface area contributed by atoms with Gasteiger partial charge in [-0.1, -0.05) is 26.0 Å². The molecule has 6 nitrogen and oxygen atoms in total. The molecule has 132 valence electrons. The molecule has 0 aliphatic carbocycles. The molecule has 0 aliphatic heterocycles. The lowest BCUT2D eigenvalue weighted by atomic mass is 10.0. The Morgan fingerprint density at radius 3 is 2.25 bits per heavy atom. The first-order chi connectivity index (χ1) is 11.1. The number of hydrazone groups is 1. The van der Waals surface area contributed by atoms with Gasteiger partial charge in [0.25, 0.3) is 0 Å². The summed E-state index contributed by atoms with van der Waals surface area (Å²) < 4.78 is 5.06. The highest BCUT2D eigenvalue weighted by Crippen LogP contribution is 2.17. The van der Waals surface area contributed by atoms with Crippen LogP contribution in [-0.4, -0.2) is 23.3 Å². The Hall–Kier alpha value is -2.37. The van der Waals surface area contributed by atoms with Crippen molar-refractivity contribution < 1.29 is 14.3 Å². The van der Waals surface area contributed by atoms with Crippen LogP contribution in [0.15, 0.2) is 29.4 Å². The van der Waals surface area contributed by atoms with Crippen molar-refractivity contribution in [2.24, 2.45) is 5.10 Å². The van der Waals surface area contributed by atoms with Gasteiger partial charge in [-0.15, -0.1) is 0 Å². The van der Waals surface area contributed by atoms with Gasteiger partial charge in [-0.2, -0.15) is 5.10 Å². The monoisotopic (exact) mass is 333 g/mol. The quantitative estimate of drug-likeness (QED) is 0.630. The Morgan fingerprint density at radius 2 is 1.75 bits per heavy atom. The van der Waals surface area contributed by atoms with Crippen LogP contribution in [0.3, 0.4) is 0 Å². The van der Waals surface area contributed by atoms with Crippen molar-refractivity contribution in [3.8, 4) is 0 Å². The van der Waals surface area contributed by atoms with Crippen LogP contribution in [0.1, 0.15) is 59.4 Å². The van der Waals surface area contributed by atoms with Gasteiger partial charge in [0, 0.05) is 11.4 Å². The molecule has 0 fully saturated rings. The van der Waals surface area contributed by atoms with Gasteiger partial charge in [0.2, 0.25) is 5.91 Å². The summed E-state index contributed by atoms with van der Waals surface area (Å²) in [7, 11) is 0.